The average Bonchev–Trinajstić information content (AvgIpc) is 3.03. The van der Waals surface area contributed by atoms with Crippen LogP contribution in [0.4, 0.5) is 8.78 Å². The van der Waals surface area contributed by atoms with Crippen molar-refractivity contribution in [1.82, 2.24) is 0 Å². The normalized spacial score (nSPS) is 15.5. The Bertz CT molecular complexity index is 629. The maximum atomic E-state index is 13.5. The number of carbonyl (C=O) groups is 1. The first-order valence-electron chi connectivity index (χ1n) is 5.19. The van der Waals surface area contributed by atoms with Gasteiger partial charge in [0.2, 0.25) is 11.6 Å². The minimum Gasteiger partial charge on any atom is -0.450 e. The molecular weight excluding hydrogens is 294 g/mol. The van der Waals surface area contributed by atoms with Crippen LogP contribution < -0.4 is 0 Å². The van der Waals surface area contributed by atoms with Crippen molar-refractivity contribution < 1.29 is 18.0 Å². The molecule has 0 aliphatic heterocycles. The Morgan fingerprint density at radius 3 is 2.71 bits per heavy atom. The van der Waals surface area contributed by atoms with E-state index in [4.69, 9.17) is 4.42 Å². The number of Topliss-reactive ketones (excluding diaryl/α,β-unsaturated/α-hetero) is 1. The second-order valence-electron chi connectivity index (χ2n) is 4.15. The van der Waals surface area contributed by atoms with Gasteiger partial charge in [0, 0.05) is 15.8 Å². The van der Waals surface area contributed by atoms with Crippen LogP contribution in [0.25, 0.3) is 11.0 Å². The van der Waals surface area contributed by atoms with E-state index in [9.17, 15) is 13.6 Å². The summed E-state index contributed by atoms with van der Waals surface area (Å²) in [7, 11) is 0. The number of furan rings is 1. The zero-order valence-corrected chi connectivity index (χ0v) is 10.2. The largest absolute Gasteiger partial charge is 0.450 e. The topological polar surface area (TPSA) is 30.2 Å². The van der Waals surface area contributed by atoms with Gasteiger partial charge in [-0.25, -0.2) is 4.39 Å². The Hall–Kier alpha value is -1.23. The first kappa shape index (κ1) is 10.9. The summed E-state index contributed by atoms with van der Waals surface area (Å²) in [5, 5.41) is 0.382. The van der Waals surface area contributed by atoms with Crippen molar-refractivity contribution in [3.05, 3.63) is 34.0 Å². The third kappa shape index (κ3) is 1.69. The van der Waals surface area contributed by atoms with Crippen LogP contribution in [0.3, 0.4) is 0 Å². The highest BCUT2D eigenvalue weighted by molar-refractivity contribution is 9.10. The Labute approximate surface area is 104 Å². The van der Waals surface area contributed by atoms with E-state index in [0.717, 1.165) is 18.9 Å². The quantitative estimate of drug-likeness (QED) is 0.618. The Morgan fingerprint density at radius 1 is 1.35 bits per heavy atom. The molecular formula is C12H7BrF2O2. The summed E-state index contributed by atoms with van der Waals surface area (Å²) < 4.78 is 32.1. The standard InChI is InChI=1S/C12H7BrF2O2/c13-7-4-8(14)10(15)12-6(7)3-9(17-12)11(16)5-1-2-5/h3-5H,1-2H2. The van der Waals surface area contributed by atoms with Crippen LogP contribution in [0.1, 0.15) is 23.4 Å². The molecule has 0 spiro atoms. The fraction of sp³-hybridized carbons (Fsp3) is 0.250. The lowest BCUT2D eigenvalue weighted by Crippen LogP contribution is -1.98. The highest BCUT2D eigenvalue weighted by Crippen LogP contribution is 2.36. The lowest BCUT2D eigenvalue weighted by molar-refractivity contribution is 0.0942. The predicted molar refractivity (Wildman–Crippen MR) is 60.9 cm³/mol. The van der Waals surface area contributed by atoms with Gasteiger partial charge in [0.1, 0.15) is 0 Å². The molecule has 2 aromatic rings. The molecule has 1 aromatic carbocycles. The lowest BCUT2D eigenvalue weighted by atomic mass is 10.2. The Balaban J connectivity index is 2.21. The highest BCUT2D eigenvalue weighted by atomic mass is 79.9. The maximum Gasteiger partial charge on any atom is 0.201 e. The highest BCUT2D eigenvalue weighted by Gasteiger charge is 2.33. The van der Waals surface area contributed by atoms with E-state index in [0.29, 0.717) is 9.86 Å². The lowest BCUT2D eigenvalue weighted by Gasteiger charge is -1.95. The van der Waals surface area contributed by atoms with E-state index < -0.39 is 11.6 Å². The van der Waals surface area contributed by atoms with Crippen LogP contribution in [-0.4, -0.2) is 5.78 Å². The molecule has 88 valence electrons. The first-order chi connectivity index (χ1) is 8.08. The van der Waals surface area contributed by atoms with Gasteiger partial charge < -0.3 is 4.42 Å². The first-order valence-corrected chi connectivity index (χ1v) is 5.98. The summed E-state index contributed by atoms with van der Waals surface area (Å²) in [5.41, 5.74) is -0.208. The van der Waals surface area contributed by atoms with Crippen molar-refractivity contribution in [2.24, 2.45) is 5.92 Å². The zero-order valence-electron chi connectivity index (χ0n) is 8.60. The summed E-state index contributed by atoms with van der Waals surface area (Å²) >= 11 is 3.12. The van der Waals surface area contributed by atoms with Crippen LogP contribution in [0, 0.1) is 17.6 Å². The number of hydrogen-bond donors (Lipinski definition) is 0. The van der Waals surface area contributed by atoms with Crippen molar-refractivity contribution in [2.45, 2.75) is 12.8 Å². The third-order valence-electron chi connectivity index (χ3n) is 2.84. The van der Waals surface area contributed by atoms with Gasteiger partial charge in [-0.3, -0.25) is 4.79 Å². The van der Waals surface area contributed by atoms with Crippen molar-refractivity contribution >= 4 is 32.7 Å². The minimum absolute atomic E-state index is 0.0118. The molecule has 17 heavy (non-hydrogen) atoms. The van der Waals surface area contributed by atoms with Crippen molar-refractivity contribution in [2.75, 3.05) is 0 Å². The number of benzene rings is 1. The van der Waals surface area contributed by atoms with Crippen molar-refractivity contribution in [1.29, 1.82) is 0 Å². The van der Waals surface area contributed by atoms with Crippen LogP contribution >= 0.6 is 15.9 Å². The summed E-state index contributed by atoms with van der Waals surface area (Å²) in [6.07, 6.45) is 1.68. The molecule has 3 rings (SSSR count). The van der Waals surface area contributed by atoms with Crippen LogP contribution in [-0.2, 0) is 0 Å². The van der Waals surface area contributed by atoms with Crippen molar-refractivity contribution in [3.63, 3.8) is 0 Å². The number of rotatable bonds is 2. The molecule has 0 atom stereocenters. The van der Waals surface area contributed by atoms with Crippen molar-refractivity contribution in [3.8, 4) is 0 Å². The summed E-state index contributed by atoms with van der Waals surface area (Å²) in [4.78, 5) is 11.8. The van der Waals surface area contributed by atoms with Crippen LogP contribution in [0.5, 0.6) is 0 Å². The third-order valence-corrected chi connectivity index (χ3v) is 3.50. The molecule has 0 bridgehead atoms. The van der Waals surface area contributed by atoms with E-state index in [2.05, 4.69) is 15.9 Å². The molecule has 0 radical (unpaired) electrons. The minimum atomic E-state index is -1.06. The van der Waals surface area contributed by atoms with Gasteiger partial charge in [0.15, 0.2) is 17.2 Å². The summed E-state index contributed by atoms with van der Waals surface area (Å²) in [6, 6.07) is 2.49. The van der Waals surface area contributed by atoms with E-state index in [-0.39, 0.29) is 23.0 Å². The summed E-state index contributed by atoms with van der Waals surface area (Å²) in [6.45, 7) is 0. The molecule has 0 unspecified atom stereocenters. The Kier molecular flexibility index (Phi) is 2.33. The molecule has 5 heteroatoms. The fourth-order valence-electron chi connectivity index (χ4n) is 1.76. The van der Waals surface area contributed by atoms with Gasteiger partial charge in [-0.05, 0) is 40.9 Å². The Morgan fingerprint density at radius 2 is 2.06 bits per heavy atom. The number of ketones is 1. The molecule has 0 amide bonds. The maximum absolute atomic E-state index is 13.5. The molecule has 1 aromatic heterocycles. The van der Waals surface area contributed by atoms with E-state index in [1.807, 2.05) is 0 Å². The zero-order chi connectivity index (χ0) is 12.2. The number of carbonyl (C=O) groups excluding carboxylic acids is 1. The molecule has 0 saturated heterocycles. The smallest absolute Gasteiger partial charge is 0.201 e. The fourth-order valence-corrected chi connectivity index (χ4v) is 2.26. The van der Waals surface area contributed by atoms with E-state index in [1.54, 1.807) is 0 Å². The number of fused-ring (bicyclic) bond motifs is 1. The average molecular weight is 301 g/mol. The molecule has 1 heterocycles. The van der Waals surface area contributed by atoms with Gasteiger partial charge in [-0.2, -0.15) is 4.39 Å². The monoisotopic (exact) mass is 300 g/mol. The summed E-state index contributed by atoms with van der Waals surface area (Å²) in [5.74, 6) is -2.09. The molecule has 1 aliphatic rings. The SMILES string of the molecule is O=C(c1cc2c(Br)cc(F)c(F)c2o1)C1CC1. The van der Waals surface area contributed by atoms with E-state index >= 15 is 0 Å². The second kappa shape index (κ2) is 3.63. The van der Waals surface area contributed by atoms with Gasteiger partial charge in [0.05, 0.1) is 0 Å². The predicted octanol–water partition coefficient (Wildman–Crippen LogP) is 4.07. The molecule has 2 nitrogen and oxygen atoms in total. The van der Waals surface area contributed by atoms with Crippen LogP contribution in [0.15, 0.2) is 21.0 Å². The molecule has 1 fully saturated rings. The number of halogens is 3. The molecule has 0 N–H and O–H groups in total. The number of hydrogen-bond acceptors (Lipinski definition) is 2. The van der Waals surface area contributed by atoms with Gasteiger partial charge in [-0.1, -0.05) is 0 Å². The van der Waals surface area contributed by atoms with Crippen LogP contribution in [0.2, 0.25) is 0 Å². The second-order valence-corrected chi connectivity index (χ2v) is 5.00. The molecule has 1 saturated carbocycles. The van der Waals surface area contributed by atoms with Gasteiger partial charge in [-0.15, -0.1) is 0 Å². The van der Waals surface area contributed by atoms with Gasteiger partial charge >= 0.3 is 0 Å². The van der Waals surface area contributed by atoms with E-state index in [1.165, 1.54) is 6.07 Å². The molecule has 1 aliphatic carbocycles. The van der Waals surface area contributed by atoms with Gasteiger partial charge in [0.25, 0.3) is 0 Å².